The van der Waals surface area contributed by atoms with Crippen LogP contribution in [0.1, 0.15) is 30.1 Å². The number of aliphatic hydroxyl groups excluding tert-OH is 1. The zero-order valence-electron chi connectivity index (χ0n) is 9.47. The Bertz CT molecular complexity index is 427. The quantitative estimate of drug-likeness (QED) is 0.804. The van der Waals surface area contributed by atoms with Gasteiger partial charge in [-0.2, -0.15) is 13.2 Å². The van der Waals surface area contributed by atoms with Crippen molar-refractivity contribution in [3.63, 3.8) is 0 Å². The minimum Gasteiger partial charge on any atom is -0.387 e. The summed E-state index contributed by atoms with van der Waals surface area (Å²) in [5, 5.41) is 13.0. The fourth-order valence-corrected chi connectivity index (χ4v) is 2.16. The third-order valence-electron chi connectivity index (χ3n) is 3.12. The van der Waals surface area contributed by atoms with Crippen molar-refractivity contribution in [2.75, 3.05) is 6.54 Å². The van der Waals surface area contributed by atoms with Crippen LogP contribution in [-0.4, -0.2) is 17.7 Å². The molecule has 2 rings (SSSR count). The summed E-state index contributed by atoms with van der Waals surface area (Å²) in [6.07, 6.45) is -4.23. The average Bonchev–Trinajstić information content (AvgIpc) is 2.80. The fraction of sp³-hybridized carbons (Fsp3) is 0.500. The van der Waals surface area contributed by atoms with E-state index in [4.69, 9.17) is 0 Å². The molecule has 100 valence electrons. The van der Waals surface area contributed by atoms with E-state index in [2.05, 4.69) is 5.32 Å². The second-order valence-electron chi connectivity index (χ2n) is 4.38. The Kier molecular flexibility index (Phi) is 3.59. The first-order valence-corrected chi connectivity index (χ1v) is 5.67. The highest BCUT2D eigenvalue weighted by molar-refractivity contribution is 5.29. The SMILES string of the molecule is OC(c1ccc(F)c(C(F)(F)F)c1)C1CCCN1. The van der Waals surface area contributed by atoms with E-state index in [1.165, 1.54) is 6.07 Å². The molecule has 0 aliphatic carbocycles. The summed E-state index contributed by atoms with van der Waals surface area (Å²) in [7, 11) is 0. The lowest BCUT2D eigenvalue weighted by molar-refractivity contribution is -0.140. The molecule has 0 spiro atoms. The number of hydrogen-bond donors (Lipinski definition) is 2. The second kappa shape index (κ2) is 4.85. The Hall–Kier alpha value is -1.14. The van der Waals surface area contributed by atoms with Gasteiger partial charge in [-0.3, -0.25) is 0 Å². The van der Waals surface area contributed by atoms with E-state index in [-0.39, 0.29) is 11.6 Å². The third kappa shape index (κ3) is 2.64. The molecule has 0 bridgehead atoms. The van der Waals surface area contributed by atoms with Gasteiger partial charge < -0.3 is 10.4 Å². The predicted molar refractivity (Wildman–Crippen MR) is 57.4 cm³/mol. The molecule has 0 saturated carbocycles. The van der Waals surface area contributed by atoms with E-state index in [9.17, 15) is 22.7 Å². The van der Waals surface area contributed by atoms with Crippen molar-refractivity contribution in [2.24, 2.45) is 0 Å². The first-order chi connectivity index (χ1) is 8.39. The Balaban J connectivity index is 2.28. The Morgan fingerprint density at radius 2 is 2.06 bits per heavy atom. The molecular formula is C12H13F4NO. The summed E-state index contributed by atoms with van der Waals surface area (Å²) < 4.78 is 50.7. The van der Waals surface area contributed by atoms with Crippen LogP contribution in [0.25, 0.3) is 0 Å². The summed E-state index contributed by atoms with van der Waals surface area (Å²) in [5.41, 5.74) is -1.25. The van der Waals surface area contributed by atoms with Crippen molar-refractivity contribution in [1.82, 2.24) is 5.32 Å². The normalized spacial score (nSPS) is 22.2. The molecule has 1 aliphatic rings. The van der Waals surface area contributed by atoms with Crippen molar-refractivity contribution < 1.29 is 22.7 Å². The van der Waals surface area contributed by atoms with Gasteiger partial charge in [-0.25, -0.2) is 4.39 Å². The van der Waals surface area contributed by atoms with E-state index >= 15 is 0 Å². The van der Waals surface area contributed by atoms with Gasteiger partial charge in [0, 0.05) is 6.04 Å². The number of aliphatic hydroxyl groups is 1. The van der Waals surface area contributed by atoms with E-state index in [1.807, 2.05) is 0 Å². The number of halogens is 4. The predicted octanol–water partition coefficient (Wildman–Crippen LogP) is 2.63. The molecule has 1 saturated heterocycles. The molecule has 1 aromatic carbocycles. The average molecular weight is 263 g/mol. The van der Waals surface area contributed by atoms with E-state index < -0.39 is 23.7 Å². The topological polar surface area (TPSA) is 32.3 Å². The number of alkyl halides is 3. The molecule has 0 aromatic heterocycles. The Labute approximate surface area is 102 Å². The molecule has 1 aromatic rings. The minimum atomic E-state index is -4.75. The van der Waals surface area contributed by atoms with Gasteiger partial charge in [-0.05, 0) is 37.1 Å². The van der Waals surface area contributed by atoms with Crippen molar-refractivity contribution in [1.29, 1.82) is 0 Å². The first-order valence-electron chi connectivity index (χ1n) is 5.67. The van der Waals surface area contributed by atoms with Gasteiger partial charge in [0.05, 0.1) is 11.7 Å². The zero-order valence-corrected chi connectivity index (χ0v) is 9.47. The van der Waals surface area contributed by atoms with Gasteiger partial charge >= 0.3 is 6.18 Å². The Morgan fingerprint density at radius 3 is 2.61 bits per heavy atom. The maximum atomic E-state index is 13.1. The monoisotopic (exact) mass is 263 g/mol. The van der Waals surface area contributed by atoms with Crippen LogP contribution in [0, 0.1) is 5.82 Å². The van der Waals surface area contributed by atoms with Gasteiger partial charge in [0.1, 0.15) is 5.82 Å². The van der Waals surface area contributed by atoms with E-state index in [0.717, 1.165) is 19.0 Å². The molecule has 1 heterocycles. The number of hydrogen-bond acceptors (Lipinski definition) is 2. The maximum absolute atomic E-state index is 13.1. The minimum absolute atomic E-state index is 0.0862. The molecule has 2 N–H and O–H groups in total. The lowest BCUT2D eigenvalue weighted by Gasteiger charge is -2.20. The Morgan fingerprint density at radius 1 is 1.33 bits per heavy atom. The molecule has 2 nitrogen and oxygen atoms in total. The lowest BCUT2D eigenvalue weighted by Crippen LogP contribution is -2.29. The lowest BCUT2D eigenvalue weighted by atomic mass is 9.99. The van der Waals surface area contributed by atoms with E-state index in [1.54, 1.807) is 0 Å². The summed E-state index contributed by atoms with van der Waals surface area (Å²) in [6.45, 7) is 0.731. The molecule has 0 radical (unpaired) electrons. The van der Waals surface area contributed by atoms with Crippen LogP contribution in [0.4, 0.5) is 17.6 Å². The van der Waals surface area contributed by atoms with Crippen molar-refractivity contribution in [2.45, 2.75) is 31.2 Å². The van der Waals surface area contributed by atoms with Crippen LogP contribution < -0.4 is 5.32 Å². The molecule has 6 heteroatoms. The summed E-state index contributed by atoms with van der Waals surface area (Å²) in [4.78, 5) is 0. The number of nitrogens with one attached hydrogen (secondary N) is 1. The molecular weight excluding hydrogens is 250 g/mol. The first kappa shape index (κ1) is 13.3. The largest absolute Gasteiger partial charge is 0.419 e. The highest BCUT2D eigenvalue weighted by atomic mass is 19.4. The molecule has 18 heavy (non-hydrogen) atoms. The van der Waals surface area contributed by atoms with Gasteiger partial charge in [0.2, 0.25) is 0 Å². The molecule has 1 aliphatic heterocycles. The summed E-state index contributed by atoms with van der Waals surface area (Å²) in [6, 6.07) is 2.35. The van der Waals surface area contributed by atoms with Crippen LogP contribution in [0.3, 0.4) is 0 Å². The van der Waals surface area contributed by atoms with Crippen LogP contribution in [0.15, 0.2) is 18.2 Å². The van der Waals surface area contributed by atoms with Gasteiger partial charge in [-0.1, -0.05) is 6.07 Å². The van der Waals surface area contributed by atoms with Crippen molar-refractivity contribution >= 4 is 0 Å². The fourth-order valence-electron chi connectivity index (χ4n) is 2.16. The highest BCUT2D eigenvalue weighted by Crippen LogP contribution is 2.34. The smallest absolute Gasteiger partial charge is 0.387 e. The van der Waals surface area contributed by atoms with Gasteiger partial charge in [0.15, 0.2) is 0 Å². The van der Waals surface area contributed by atoms with Gasteiger partial charge in [0.25, 0.3) is 0 Å². The molecule has 0 amide bonds. The zero-order chi connectivity index (χ0) is 13.3. The second-order valence-corrected chi connectivity index (χ2v) is 4.38. The number of rotatable bonds is 2. The number of benzene rings is 1. The highest BCUT2D eigenvalue weighted by Gasteiger charge is 2.35. The van der Waals surface area contributed by atoms with E-state index in [0.29, 0.717) is 12.5 Å². The third-order valence-corrected chi connectivity index (χ3v) is 3.12. The molecule has 1 fully saturated rings. The van der Waals surface area contributed by atoms with Crippen molar-refractivity contribution in [3.05, 3.63) is 35.1 Å². The maximum Gasteiger partial charge on any atom is 0.419 e. The molecule has 2 unspecified atom stereocenters. The summed E-state index contributed by atoms with van der Waals surface area (Å²) in [5.74, 6) is -1.32. The molecule has 2 atom stereocenters. The van der Waals surface area contributed by atoms with Crippen LogP contribution in [0.2, 0.25) is 0 Å². The standard InChI is InChI=1S/C12H13F4NO/c13-9-4-3-7(6-8(9)12(14,15)16)11(18)10-2-1-5-17-10/h3-4,6,10-11,17-18H,1-2,5H2. The van der Waals surface area contributed by atoms with Crippen LogP contribution in [-0.2, 0) is 6.18 Å². The van der Waals surface area contributed by atoms with Crippen molar-refractivity contribution in [3.8, 4) is 0 Å². The summed E-state index contributed by atoms with van der Waals surface area (Å²) >= 11 is 0. The van der Waals surface area contributed by atoms with Crippen LogP contribution >= 0.6 is 0 Å². The van der Waals surface area contributed by atoms with Gasteiger partial charge in [-0.15, -0.1) is 0 Å². The van der Waals surface area contributed by atoms with Crippen LogP contribution in [0.5, 0.6) is 0 Å².